The van der Waals surface area contributed by atoms with Crippen molar-refractivity contribution in [3.8, 4) is 0 Å². The lowest BCUT2D eigenvalue weighted by Crippen LogP contribution is -2.21. The fourth-order valence-electron chi connectivity index (χ4n) is 0.887. The number of hydrogen-bond acceptors (Lipinski definition) is 2. The highest BCUT2D eigenvalue weighted by Gasteiger charge is 2.16. The van der Waals surface area contributed by atoms with E-state index in [-0.39, 0.29) is 12.4 Å². The van der Waals surface area contributed by atoms with Gasteiger partial charge in [0.2, 0.25) is 0 Å². The Kier molecular flexibility index (Phi) is 5.04. The number of nitrogens with two attached hydrogens (primary N) is 1. The first-order chi connectivity index (χ1) is 6.02. The highest BCUT2D eigenvalue weighted by Crippen LogP contribution is 2.22. The Labute approximate surface area is 94.6 Å². The molecule has 0 heterocycles. The number of carbonyl (C=O) groups is 1. The molecule has 14 heavy (non-hydrogen) atoms. The standard InChI is InChI=1S/C8H7BrFNO2.ClH/c9-6-3-4(10)1-2-5(6)7(11)8(12)13;/h1-3,7H,11H2,(H,12,13);1H/t7-;/m0./s1. The summed E-state index contributed by atoms with van der Waals surface area (Å²) in [5, 5.41) is 8.59. The van der Waals surface area contributed by atoms with Crippen molar-refractivity contribution >= 4 is 34.3 Å². The number of aliphatic carboxylic acids is 1. The molecule has 1 aromatic rings. The highest BCUT2D eigenvalue weighted by molar-refractivity contribution is 9.10. The van der Waals surface area contributed by atoms with Gasteiger partial charge in [0.25, 0.3) is 0 Å². The van der Waals surface area contributed by atoms with Crippen molar-refractivity contribution in [1.82, 2.24) is 0 Å². The third-order valence-corrected chi connectivity index (χ3v) is 2.25. The van der Waals surface area contributed by atoms with E-state index >= 15 is 0 Å². The van der Waals surface area contributed by atoms with Gasteiger partial charge in [-0.25, -0.2) is 4.39 Å². The largest absolute Gasteiger partial charge is 0.480 e. The number of halogens is 3. The monoisotopic (exact) mass is 283 g/mol. The molecule has 0 bridgehead atoms. The molecule has 0 saturated carbocycles. The van der Waals surface area contributed by atoms with Crippen LogP contribution in [-0.2, 0) is 4.79 Å². The molecule has 0 aromatic heterocycles. The number of carboxylic acids is 1. The summed E-state index contributed by atoms with van der Waals surface area (Å²) in [5.74, 6) is -1.58. The van der Waals surface area contributed by atoms with Gasteiger partial charge in [0, 0.05) is 4.47 Å². The lowest BCUT2D eigenvalue weighted by atomic mass is 10.1. The third-order valence-electron chi connectivity index (χ3n) is 1.56. The van der Waals surface area contributed by atoms with Gasteiger partial charge in [0.05, 0.1) is 0 Å². The summed E-state index contributed by atoms with van der Waals surface area (Å²) in [6.45, 7) is 0. The van der Waals surface area contributed by atoms with E-state index in [0.29, 0.717) is 10.0 Å². The van der Waals surface area contributed by atoms with Gasteiger partial charge in [-0.2, -0.15) is 0 Å². The lowest BCUT2D eigenvalue weighted by Gasteiger charge is -2.08. The normalized spacial score (nSPS) is 11.6. The van der Waals surface area contributed by atoms with E-state index in [1.807, 2.05) is 0 Å². The molecule has 0 aliphatic rings. The molecule has 3 nitrogen and oxygen atoms in total. The number of carboxylic acid groups (broad SMARTS) is 1. The van der Waals surface area contributed by atoms with E-state index in [4.69, 9.17) is 10.8 Å². The number of hydrogen-bond donors (Lipinski definition) is 2. The van der Waals surface area contributed by atoms with Gasteiger partial charge in [-0.05, 0) is 17.7 Å². The molecule has 0 unspecified atom stereocenters. The lowest BCUT2D eigenvalue weighted by molar-refractivity contribution is -0.138. The van der Waals surface area contributed by atoms with E-state index < -0.39 is 17.8 Å². The van der Waals surface area contributed by atoms with E-state index in [1.165, 1.54) is 18.2 Å². The third kappa shape index (κ3) is 2.94. The van der Waals surface area contributed by atoms with Crippen LogP contribution in [0.1, 0.15) is 11.6 Å². The predicted molar refractivity (Wildman–Crippen MR) is 55.9 cm³/mol. The van der Waals surface area contributed by atoms with Crippen molar-refractivity contribution in [1.29, 1.82) is 0 Å². The summed E-state index contributed by atoms with van der Waals surface area (Å²) in [7, 11) is 0. The summed E-state index contributed by atoms with van der Waals surface area (Å²) in [5.41, 5.74) is 5.69. The molecule has 0 amide bonds. The molecular formula is C8H8BrClFNO2. The van der Waals surface area contributed by atoms with Crippen LogP contribution in [0.5, 0.6) is 0 Å². The van der Waals surface area contributed by atoms with Crippen molar-refractivity contribution < 1.29 is 14.3 Å². The van der Waals surface area contributed by atoms with Crippen LogP contribution in [0.15, 0.2) is 22.7 Å². The fraction of sp³-hybridized carbons (Fsp3) is 0.125. The Balaban J connectivity index is 0.00000169. The summed E-state index contributed by atoms with van der Waals surface area (Å²) in [6.07, 6.45) is 0. The molecule has 1 atom stereocenters. The first-order valence-electron chi connectivity index (χ1n) is 3.45. The van der Waals surface area contributed by atoms with E-state index in [1.54, 1.807) is 0 Å². The number of rotatable bonds is 2. The van der Waals surface area contributed by atoms with Crippen LogP contribution in [0.25, 0.3) is 0 Å². The number of benzene rings is 1. The van der Waals surface area contributed by atoms with Crippen LogP contribution >= 0.6 is 28.3 Å². The van der Waals surface area contributed by atoms with Gasteiger partial charge >= 0.3 is 5.97 Å². The van der Waals surface area contributed by atoms with Gasteiger partial charge in [0.15, 0.2) is 0 Å². The van der Waals surface area contributed by atoms with Crippen LogP contribution in [0.3, 0.4) is 0 Å². The molecule has 0 fully saturated rings. The van der Waals surface area contributed by atoms with Crippen LogP contribution in [0, 0.1) is 5.82 Å². The summed E-state index contributed by atoms with van der Waals surface area (Å²) < 4.78 is 13.0. The second kappa shape index (κ2) is 5.29. The average Bonchev–Trinajstić information content (AvgIpc) is 2.03. The second-order valence-electron chi connectivity index (χ2n) is 2.48. The quantitative estimate of drug-likeness (QED) is 0.874. The average molecular weight is 285 g/mol. The fourth-order valence-corrected chi connectivity index (χ4v) is 1.48. The van der Waals surface area contributed by atoms with Crippen LogP contribution in [0.2, 0.25) is 0 Å². The van der Waals surface area contributed by atoms with Gasteiger partial charge in [-0.1, -0.05) is 22.0 Å². The smallest absolute Gasteiger partial charge is 0.325 e. The maximum absolute atomic E-state index is 12.6. The minimum absolute atomic E-state index is 0. The summed E-state index contributed by atoms with van der Waals surface area (Å²) >= 11 is 3.03. The van der Waals surface area contributed by atoms with Crippen LogP contribution in [-0.4, -0.2) is 11.1 Å². The SMILES string of the molecule is Cl.N[C@H](C(=O)O)c1ccc(F)cc1Br. The molecule has 1 aromatic carbocycles. The van der Waals surface area contributed by atoms with Crippen molar-refractivity contribution in [3.63, 3.8) is 0 Å². The molecule has 0 aliphatic carbocycles. The van der Waals surface area contributed by atoms with Crippen molar-refractivity contribution in [3.05, 3.63) is 34.1 Å². The Morgan fingerprint density at radius 2 is 2.14 bits per heavy atom. The Bertz CT molecular complexity index is 348. The van der Waals surface area contributed by atoms with Crippen molar-refractivity contribution in [2.45, 2.75) is 6.04 Å². The minimum Gasteiger partial charge on any atom is -0.480 e. The first-order valence-corrected chi connectivity index (χ1v) is 4.25. The molecule has 0 spiro atoms. The van der Waals surface area contributed by atoms with Gasteiger partial charge < -0.3 is 10.8 Å². The zero-order chi connectivity index (χ0) is 10.0. The Morgan fingerprint density at radius 1 is 1.57 bits per heavy atom. The maximum atomic E-state index is 12.6. The zero-order valence-electron chi connectivity index (χ0n) is 6.91. The molecule has 3 N–H and O–H groups in total. The van der Waals surface area contributed by atoms with Crippen LogP contribution in [0.4, 0.5) is 4.39 Å². The highest BCUT2D eigenvalue weighted by atomic mass is 79.9. The van der Waals surface area contributed by atoms with E-state index in [2.05, 4.69) is 15.9 Å². The summed E-state index contributed by atoms with van der Waals surface area (Å²) in [4.78, 5) is 10.5. The van der Waals surface area contributed by atoms with Gasteiger partial charge in [0.1, 0.15) is 11.9 Å². The van der Waals surface area contributed by atoms with Crippen molar-refractivity contribution in [2.75, 3.05) is 0 Å². The Hall–Kier alpha value is -0.650. The predicted octanol–water partition coefficient (Wildman–Crippen LogP) is 2.09. The van der Waals surface area contributed by atoms with E-state index in [0.717, 1.165) is 0 Å². The molecule has 0 saturated heterocycles. The zero-order valence-corrected chi connectivity index (χ0v) is 9.31. The molecular weight excluding hydrogens is 276 g/mol. The topological polar surface area (TPSA) is 63.3 Å². The van der Waals surface area contributed by atoms with Crippen molar-refractivity contribution in [2.24, 2.45) is 5.73 Å². The van der Waals surface area contributed by atoms with Gasteiger partial charge in [-0.3, -0.25) is 4.79 Å². The maximum Gasteiger partial charge on any atom is 0.325 e. The second-order valence-corrected chi connectivity index (χ2v) is 3.34. The molecule has 6 heteroatoms. The summed E-state index contributed by atoms with van der Waals surface area (Å²) in [6, 6.07) is 2.56. The molecule has 0 radical (unpaired) electrons. The molecule has 0 aliphatic heterocycles. The van der Waals surface area contributed by atoms with E-state index in [9.17, 15) is 9.18 Å². The molecule has 1 rings (SSSR count). The van der Waals surface area contributed by atoms with Gasteiger partial charge in [-0.15, -0.1) is 12.4 Å². The first kappa shape index (κ1) is 13.4. The van der Waals surface area contributed by atoms with Crippen LogP contribution < -0.4 is 5.73 Å². The molecule has 78 valence electrons. The minimum atomic E-state index is -1.15. The Morgan fingerprint density at radius 3 is 2.57 bits per heavy atom.